The highest BCUT2D eigenvalue weighted by Gasteiger charge is 2.09. The molecule has 0 aliphatic heterocycles. The van der Waals surface area contributed by atoms with Gasteiger partial charge in [0.2, 0.25) is 0 Å². The van der Waals surface area contributed by atoms with Crippen LogP contribution in [0.1, 0.15) is 12.5 Å². The minimum atomic E-state index is -0.323. The first kappa shape index (κ1) is 18.1. The molecule has 1 aromatic heterocycles. The van der Waals surface area contributed by atoms with E-state index in [1.807, 2.05) is 29.7 Å². The average molecular weight is 370 g/mol. The molecular weight excluding hydrogens is 351 g/mol. The number of amides is 1. The Morgan fingerprint density at radius 2 is 2.08 bits per heavy atom. The van der Waals surface area contributed by atoms with E-state index in [1.54, 1.807) is 18.2 Å². The van der Waals surface area contributed by atoms with Crippen LogP contribution < -0.4 is 9.54 Å². The van der Waals surface area contributed by atoms with E-state index in [2.05, 4.69) is 11.6 Å². The molecule has 26 heavy (non-hydrogen) atoms. The summed E-state index contributed by atoms with van der Waals surface area (Å²) in [7, 11) is 0. The average Bonchev–Trinajstić information content (AvgIpc) is 2.94. The highest BCUT2D eigenvalue weighted by atomic mass is 32.1. The number of carbonyl (C=O) groups excluding carboxylic acids is 1. The predicted octanol–water partition coefficient (Wildman–Crippen LogP) is 4.10. The van der Waals surface area contributed by atoms with Crippen LogP contribution in [0, 0.1) is 5.82 Å². The van der Waals surface area contributed by atoms with Crippen LogP contribution in [0.25, 0.3) is 10.2 Å². The number of fused-ring (bicyclic) bond motifs is 1. The van der Waals surface area contributed by atoms with Crippen molar-refractivity contribution in [2.24, 2.45) is 4.99 Å². The Hall–Kier alpha value is -2.73. The van der Waals surface area contributed by atoms with Crippen molar-refractivity contribution in [1.29, 1.82) is 0 Å². The second-order valence-corrected chi connectivity index (χ2v) is 6.66. The molecule has 1 heterocycles. The van der Waals surface area contributed by atoms with Gasteiger partial charge in [-0.3, -0.25) is 4.79 Å². The molecule has 0 saturated heterocycles. The van der Waals surface area contributed by atoms with Gasteiger partial charge >= 0.3 is 0 Å². The number of ether oxygens (including phenoxy) is 1. The van der Waals surface area contributed by atoms with Gasteiger partial charge in [-0.25, -0.2) is 4.39 Å². The molecule has 1 amide bonds. The van der Waals surface area contributed by atoms with Gasteiger partial charge in [0.05, 0.1) is 23.2 Å². The predicted molar refractivity (Wildman–Crippen MR) is 102 cm³/mol. The first-order chi connectivity index (χ1) is 12.6. The number of rotatable bonds is 6. The first-order valence-corrected chi connectivity index (χ1v) is 9.11. The normalized spacial score (nSPS) is 11.7. The van der Waals surface area contributed by atoms with E-state index in [-0.39, 0.29) is 18.1 Å². The molecule has 4 nitrogen and oxygen atoms in total. The lowest BCUT2D eigenvalue weighted by Gasteiger charge is -2.04. The van der Waals surface area contributed by atoms with Crippen LogP contribution in [0.2, 0.25) is 0 Å². The third-order valence-electron chi connectivity index (χ3n) is 3.77. The lowest BCUT2D eigenvalue weighted by atomic mass is 10.1. The summed E-state index contributed by atoms with van der Waals surface area (Å²) in [5.41, 5.74) is 1.71. The van der Waals surface area contributed by atoms with Crippen LogP contribution in [-0.4, -0.2) is 17.1 Å². The smallest absolute Gasteiger partial charge is 0.252 e. The zero-order valence-corrected chi connectivity index (χ0v) is 15.3. The molecule has 0 radical (unpaired) electrons. The van der Waals surface area contributed by atoms with E-state index in [0.29, 0.717) is 18.0 Å². The van der Waals surface area contributed by atoms with Gasteiger partial charge < -0.3 is 9.30 Å². The Kier molecular flexibility index (Phi) is 5.63. The van der Waals surface area contributed by atoms with Crippen molar-refractivity contribution < 1.29 is 13.9 Å². The van der Waals surface area contributed by atoms with Gasteiger partial charge in [-0.2, -0.15) is 4.99 Å². The number of hydrogen-bond acceptors (Lipinski definition) is 3. The molecule has 0 fully saturated rings. The molecule has 0 aliphatic carbocycles. The summed E-state index contributed by atoms with van der Waals surface area (Å²) in [5.74, 6) is 0.193. The molecule has 0 atom stereocenters. The van der Waals surface area contributed by atoms with Crippen molar-refractivity contribution in [1.82, 2.24) is 4.57 Å². The number of halogens is 1. The highest BCUT2D eigenvalue weighted by molar-refractivity contribution is 7.16. The third kappa shape index (κ3) is 4.08. The van der Waals surface area contributed by atoms with Gasteiger partial charge in [-0.05, 0) is 42.8 Å². The molecule has 0 saturated carbocycles. The van der Waals surface area contributed by atoms with Crippen LogP contribution >= 0.6 is 11.3 Å². The summed E-state index contributed by atoms with van der Waals surface area (Å²) in [6.07, 6.45) is 1.90. The Bertz CT molecular complexity index is 1000. The molecule has 6 heteroatoms. The fourth-order valence-corrected chi connectivity index (χ4v) is 3.71. The van der Waals surface area contributed by atoms with Gasteiger partial charge in [0.1, 0.15) is 11.6 Å². The van der Waals surface area contributed by atoms with Gasteiger partial charge in [0.25, 0.3) is 5.91 Å². The minimum Gasteiger partial charge on any atom is -0.494 e. The molecule has 3 aromatic rings. The van der Waals surface area contributed by atoms with Crippen molar-refractivity contribution in [2.45, 2.75) is 19.9 Å². The second-order valence-electron chi connectivity index (χ2n) is 5.66. The summed E-state index contributed by atoms with van der Waals surface area (Å²) in [6, 6.07) is 11.7. The zero-order chi connectivity index (χ0) is 18.5. The zero-order valence-electron chi connectivity index (χ0n) is 14.4. The van der Waals surface area contributed by atoms with Crippen LogP contribution in [-0.2, 0) is 17.8 Å². The topological polar surface area (TPSA) is 43.6 Å². The maximum absolute atomic E-state index is 13.0. The second kappa shape index (κ2) is 8.10. The lowest BCUT2D eigenvalue weighted by Crippen LogP contribution is -2.16. The number of allylic oxidation sites excluding steroid dienone is 1. The van der Waals surface area contributed by atoms with E-state index < -0.39 is 0 Å². The Balaban J connectivity index is 1.97. The Morgan fingerprint density at radius 1 is 1.31 bits per heavy atom. The SMILES string of the molecule is C=CCn1c(=NC(=O)Cc2ccc(F)cc2)sc2cc(OCC)ccc21. The number of thiazole rings is 1. The maximum Gasteiger partial charge on any atom is 0.252 e. The van der Waals surface area contributed by atoms with Gasteiger partial charge in [-0.15, -0.1) is 6.58 Å². The standard InChI is InChI=1S/C20H19FN2O2S/c1-3-11-23-17-10-9-16(25-4-2)13-18(17)26-20(23)22-19(24)12-14-5-7-15(21)8-6-14/h3,5-10,13H,1,4,11-12H2,2H3. The molecule has 0 N–H and O–H groups in total. The molecule has 0 bridgehead atoms. The summed E-state index contributed by atoms with van der Waals surface area (Å²) in [4.78, 5) is 17.2. The summed E-state index contributed by atoms with van der Waals surface area (Å²) < 4.78 is 21.5. The van der Waals surface area contributed by atoms with E-state index in [4.69, 9.17) is 4.74 Å². The highest BCUT2D eigenvalue weighted by Crippen LogP contribution is 2.23. The molecule has 0 unspecified atom stereocenters. The largest absolute Gasteiger partial charge is 0.494 e. The van der Waals surface area contributed by atoms with E-state index >= 15 is 0 Å². The van der Waals surface area contributed by atoms with Gasteiger partial charge in [-0.1, -0.05) is 29.5 Å². The minimum absolute atomic E-state index is 0.132. The van der Waals surface area contributed by atoms with Crippen LogP contribution in [0.5, 0.6) is 5.75 Å². The number of hydrogen-bond donors (Lipinski definition) is 0. The summed E-state index contributed by atoms with van der Waals surface area (Å²) in [6.45, 7) is 6.86. The molecule has 134 valence electrons. The Labute approximate surface area is 154 Å². The van der Waals surface area contributed by atoms with Crippen LogP contribution in [0.15, 0.2) is 60.1 Å². The van der Waals surface area contributed by atoms with Crippen LogP contribution in [0.3, 0.4) is 0 Å². The fourth-order valence-electron chi connectivity index (χ4n) is 2.62. The van der Waals surface area contributed by atoms with Crippen molar-refractivity contribution in [3.8, 4) is 5.75 Å². The molecule has 2 aromatic carbocycles. The van der Waals surface area contributed by atoms with E-state index in [1.165, 1.54) is 23.5 Å². The van der Waals surface area contributed by atoms with E-state index in [0.717, 1.165) is 21.5 Å². The van der Waals surface area contributed by atoms with Crippen molar-refractivity contribution in [2.75, 3.05) is 6.61 Å². The fraction of sp³-hybridized carbons (Fsp3) is 0.200. The van der Waals surface area contributed by atoms with Crippen LogP contribution in [0.4, 0.5) is 4.39 Å². The number of carbonyl (C=O) groups is 1. The monoisotopic (exact) mass is 370 g/mol. The van der Waals surface area contributed by atoms with Crippen molar-refractivity contribution in [3.63, 3.8) is 0 Å². The van der Waals surface area contributed by atoms with Gasteiger partial charge in [0.15, 0.2) is 4.80 Å². The summed E-state index contributed by atoms with van der Waals surface area (Å²) >= 11 is 1.43. The number of aromatic nitrogens is 1. The third-order valence-corrected chi connectivity index (χ3v) is 4.81. The van der Waals surface area contributed by atoms with Gasteiger partial charge in [0, 0.05) is 6.54 Å². The first-order valence-electron chi connectivity index (χ1n) is 8.29. The Morgan fingerprint density at radius 3 is 2.77 bits per heavy atom. The lowest BCUT2D eigenvalue weighted by molar-refractivity contribution is -0.117. The molecule has 3 rings (SSSR count). The van der Waals surface area contributed by atoms with Crippen molar-refractivity contribution >= 4 is 27.5 Å². The quantitative estimate of drug-likeness (QED) is 0.613. The van der Waals surface area contributed by atoms with E-state index in [9.17, 15) is 9.18 Å². The molecule has 0 aliphatic rings. The number of benzene rings is 2. The summed E-state index contributed by atoms with van der Waals surface area (Å²) in [5, 5.41) is 0. The van der Waals surface area contributed by atoms with Crippen molar-refractivity contribution in [3.05, 3.63) is 71.3 Å². The molecule has 0 spiro atoms. The molecular formula is C20H19FN2O2S. The number of nitrogens with zero attached hydrogens (tertiary/aromatic N) is 2. The maximum atomic E-state index is 13.0.